The van der Waals surface area contributed by atoms with Crippen LogP contribution in [-0.4, -0.2) is 30.6 Å². The third-order valence-corrected chi connectivity index (χ3v) is 4.88. The molecule has 0 bridgehead atoms. The molecule has 0 spiro atoms. The smallest absolute Gasteiger partial charge is 0.270 e. The fourth-order valence-corrected chi connectivity index (χ4v) is 3.10. The van der Waals surface area contributed by atoms with Crippen LogP contribution in [-0.2, 0) is 4.74 Å². The number of benzene rings is 1. The first-order chi connectivity index (χ1) is 11.5. The van der Waals surface area contributed by atoms with Crippen molar-refractivity contribution in [2.24, 2.45) is 0 Å². The quantitative estimate of drug-likeness (QED) is 0.476. The molecule has 1 aromatic heterocycles. The molecule has 130 valence electrons. The van der Waals surface area contributed by atoms with E-state index in [1.54, 1.807) is 17.5 Å². The lowest BCUT2D eigenvalue weighted by Gasteiger charge is -2.06. The van der Waals surface area contributed by atoms with Crippen molar-refractivity contribution in [3.63, 3.8) is 0 Å². The lowest BCUT2D eigenvalue weighted by atomic mass is 10.3. The van der Waals surface area contributed by atoms with Crippen molar-refractivity contribution >= 4 is 62.9 Å². The summed E-state index contributed by atoms with van der Waals surface area (Å²) in [5.41, 5.74) is 0.998. The zero-order chi connectivity index (χ0) is 17.5. The Bertz CT molecular complexity index is 686. The number of nitrogens with zero attached hydrogens (tertiary/aromatic N) is 1. The molecule has 0 unspecified atom stereocenters. The van der Waals surface area contributed by atoms with E-state index in [4.69, 9.17) is 39.5 Å². The van der Waals surface area contributed by atoms with Gasteiger partial charge in [0.25, 0.3) is 5.91 Å². The van der Waals surface area contributed by atoms with E-state index in [9.17, 15) is 4.79 Å². The number of carbonyl (C=O) groups excluding carboxylic acids is 1. The highest BCUT2D eigenvalue weighted by Gasteiger charge is 2.12. The highest BCUT2D eigenvalue weighted by atomic mass is 35.5. The number of amides is 1. The number of aromatic nitrogens is 1. The van der Waals surface area contributed by atoms with Gasteiger partial charge in [-0.25, -0.2) is 4.98 Å². The number of rotatable bonds is 8. The molecule has 2 rings (SSSR count). The molecule has 1 amide bonds. The molecule has 0 saturated carbocycles. The van der Waals surface area contributed by atoms with E-state index in [0.717, 1.165) is 6.42 Å². The minimum Gasteiger partial charge on any atom is -0.382 e. The van der Waals surface area contributed by atoms with Gasteiger partial charge in [-0.2, -0.15) is 0 Å². The van der Waals surface area contributed by atoms with Gasteiger partial charge in [-0.3, -0.25) is 4.79 Å². The van der Waals surface area contributed by atoms with Crippen molar-refractivity contribution in [1.82, 2.24) is 10.3 Å². The first-order valence-corrected chi connectivity index (χ1v) is 9.25. The summed E-state index contributed by atoms with van der Waals surface area (Å²) in [4.78, 5) is 16.2. The third-order valence-electron chi connectivity index (χ3n) is 2.93. The fourth-order valence-electron chi connectivity index (χ4n) is 1.80. The normalized spacial score (nSPS) is 10.7. The molecular formula is C15H16Cl3N3O2S. The molecule has 0 atom stereocenters. The summed E-state index contributed by atoms with van der Waals surface area (Å²) in [6, 6.07) is 3.29. The van der Waals surface area contributed by atoms with Gasteiger partial charge in [-0.1, -0.05) is 34.8 Å². The van der Waals surface area contributed by atoms with Crippen LogP contribution in [0.2, 0.25) is 15.1 Å². The van der Waals surface area contributed by atoms with E-state index < -0.39 is 0 Å². The number of anilines is 2. The van der Waals surface area contributed by atoms with E-state index in [1.165, 1.54) is 11.3 Å². The molecule has 2 aromatic rings. The number of ether oxygens (including phenoxy) is 1. The standard InChI is InChI=1S/C15H16Cl3N3O2S/c1-2-23-5-3-4-19-14(22)12-8-24-15(21-12)20-9-6-10(16)13(18)11(17)7-9/h6-8H,2-5H2,1H3,(H,19,22)(H,20,21). The van der Waals surface area contributed by atoms with Gasteiger partial charge in [-0.05, 0) is 25.5 Å². The molecule has 1 heterocycles. The van der Waals surface area contributed by atoms with Crippen LogP contribution < -0.4 is 10.6 Å². The van der Waals surface area contributed by atoms with Crippen molar-refractivity contribution in [3.8, 4) is 0 Å². The second kappa shape index (κ2) is 9.44. The molecule has 24 heavy (non-hydrogen) atoms. The van der Waals surface area contributed by atoms with Crippen molar-refractivity contribution < 1.29 is 9.53 Å². The number of halogens is 3. The first kappa shape index (κ1) is 19.3. The van der Waals surface area contributed by atoms with E-state index in [-0.39, 0.29) is 5.91 Å². The van der Waals surface area contributed by atoms with Crippen LogP contribution in [0.3, 0.4) is 0 Å². The van der Waals surface area contributed by atoms with Crippen molar-refractivity contribution in [3.05, 3.63) is 38.3 Å². The lowest BCUT2D eigenvalue weighted by Crippen LogP contribution is -2.25. The molecular weight excluding hydrogens is 393 g/mol. The summed E-state index contributed by atoms with van der Waals surface area (Å²) in [7, 11) is 0. The third kappa shape index (κ3) is 5.50. The van der Waals surface area contributed by atoms with Crippen LogP contribution in [0.5, 0.6) is 0 Å². The zero-order valence-electron chi connectivity index (χ0n) is 12.9. The van der Waals surface area contributed by atoms with Gasteiger partial charge in [0, 0.05) is 30.8 Å². The maximum atomic E-state index is 12.0. The summed E-state index contributed by atoms with van der Waals surface area (Å²) in [6.07, 6.45) is 0.761. The second-order valence-electron chi connectivity index (χ2n) is 4.72. The summed E-state index contributed by atoms with van der Waals surface area (Å²) in [5.74, 6) is -0.219. The van der Waals surface area contributed by atoms with Crippen LogP contribution in [0, 0.1) is 0 Å². The Morgan fingerprint density at radius 3 is 2.67 bits per heavy atom. The monoisotopic (exact) mass is 407 g/mol. The summed E-state index contributed by atoms with van der Waals surface area (Å²) in [5, 5.41) is 9.08. The maximum Gasteiger partial charge on any atom is 0.270 e. The van der Waals surface area contributed by atoms with Gasteiger partial charge in [0.2, 0.25) is 0 Å². The van der Waals surface area contributed by atoms with E-state index in [1.807, 2.05) is 6.92 Å². The molecule has 1 aromatic carbocycles. The molecule has 9 heteroatoms. The van der Waals surface area contributed by atoms with Crippen LogP contribution in [0.25, 0.3) is 0 Å². The highest BCUT2D eigenvalue weighted by Crippen LogP contribution is 2.34. The Kier molecular flexibility index (Phi) is 7.58. The molecule has 0 saturated heterocycles. The topological polar surface area (TPSA) is 63.2 Å². The summed E-state index contributed by atoms with van der Waals surface area (Å²) >= 11 is 19.2. The summed E-state index contributed by atoms with van der Waals surface area (Å²) < 4.78 is 5.21. The average molecular weight is 409 g/mol. The molecule has 0 fully saturated rings. The van der Waals surface area contributed by atoms with Gasteiger partial charge >= 0.3 is 0 Å². The zero-order valence-corrected chi connectivity index (χ0v) is 16.0. The molecule has 0 aliphatic carbocycles. The molecule has 0 radical (unpaired) electrons. The SMILES string of the molecule is CCOCCCNC(=O)c1csc(Nc2cc(Cl)c(Cl)c(Cl)c2)n1. The maximum absolute atomic E-state index is 12.0. The average Bonchev–Trinajstić information content (AvgIpc) is 3.00. The molecule has 0 aliphatic heterocycles. The van der Waals surface area contributed by atoms with Gasteiger partial charge < -0.3 is 15.4 Å². The van der Waals surface area contributed by atoms with Crippen molar-refractivity contribution in [2.75, 3.05) is 25.1 Å². The van der Waals surface area contributed by atoms with Crippen LogP contribution in [0.1, 0.15) is 23.8 Å². The Labute approximate surface area is 159 Å². The highest BCUT2D eigenvalue weighted by molar-refractivity contribution is 7.14. The van der Waals surface area contributed by atoms with E-state index in [0.29, 0.717) is 51.3 Å². The minimum absolute atomic E-state index is 0.219. The fraction of sp³-hybridized carbons (Fsp3) is 0.333. The Morgan fingerprint density at radius 1 is 1.29 bits per heavy atom. The number of hydrogen-bond donors (Lipinski definition) is 2. The predicted molar refractivity (Wildman–Crippen MR) is 100 cm³/mol. The van der Waals surface area contributed by atoms with Gasteiger partial charge in [0.1, 0.15) is 5.69 Å². The van der Waals surface area contributed by atoms with Crippen molar-refractivity contribution in [2.45, 2.75) is 13.3 Å². The minimum atomic E-state index is -0.219. The number of hydrogen-bond acceptors (Lipinski definition) is 5. The van der Waals surface area contributed by atoms with Crippen LogP contribution in [0.15, 0.2) is 17.5 Å². The Hall–Kier alpha value is -1.05. The van der Waals surface area contributed by atoms with Gasteiger partial charge in [0.15, 0.2) is 5.13 Å². The van der Waals surface area contributed by atoms with Crippen LogP contribution in [0.4, 0.5) is 10.8 Å². The Balaban J connectivity index is 1.92. The van der Waals surface area contributed by atoms with Crippen LogP contribution >= 0.6 is 46.1 Å². The predicted octanol–water partition coefficient (Wildman–Crippen LogP) is 5.00. The van der Waals surface area contributed by atoms with E-state index in [2.05, 4.69) is 15.6 Å². The number of nitrogens with one attached hydrogen (secondary N) is 2. The largest absolute Gasteiger partial charge is 0.382 e. The molecule has 2 N–H and O–H groups in total. The Morgan fingerprint density at radius 2 is 2.00 bits per heavy atom. The summed E-state index contributed by atoms with van der Waals surface area (Å²) in [6.45, 7) is 3.78. The van der Waals surface area contributed by atoms with Crippen molar-refractivity contribution in [1.29, 1.82) is 0 Å². The molecule has 5 nitrogen and oxygen atoms in total. The second-order valence-corrected chi connectivity index (χ2v) is 6.77. The first-order valence-electron chi connectivity index (χ1n) is 7.24. The van der Waals surface area contributed by atoms with Gasteiger partial charge in [-0.15, -0.1) is 11.3 Å². The van der Waals surface area contributed by atoms with E-state index >= 15 is 0 Å². The number of carbonyl (C=O) groups is 1. The molecule has 0 aliphatic rings. The lowest BCUT2D eigenvalue weighted by molar-refractivity contribution is 0.0940. The van der Waals surface area contributed by atoms with Gasteiger partial charge in [0.05, 0.1) is 15.1 Å². The number of thiazole rings is 1.